The highest BCUT2D eigenvalue weighted by atomic mass is 16.5. The number of ether oxygens (including phenoxy) is 3. The number of carbonyl (C=O) groups is 5. The Morgan fingerprint density at radius 1 is 1.00 bits per heavy atom. The molecule has 4 aliphatic heterocycles. The van der Waals surface area contributed by atoms with Crippen molar-refractivity contribution in [1.82, 2.24) is 40.0 Å². The van der Waals surface area contributed by atoms with E-state index in [1.807, 2.05) is 58.9 Å². The second-order valence-electron chi connectivity index (χ2n) is 21.3. The Morgan fingerprint density at radius 2 is 1.78 bits per heavy atom. The molecule has 6 bridgehead atoms. The molecule has 4 amide bonds. The Morgan fingerprint density at radius 3 is 2.50 bits per heavy atom. The van der Waals surface area contributed by atoms with E-state index in [1.54, 1.807) is 13.3 Å². The largest absolute Gasteiger partial charge is 0.464 e. The van der Waals surface area contributed by atoms with Crippen molar-refractivity contribution in [3.63, 3.8) is 0 Å². The van der Waals surface area contributed by atoms with Gasteiger partial charge in [0.05, 0.1) is 36.2 Å². The second kappa shape index (κ2) is 21.9. The van der Waals surface area contributed by atoms with Crippen molar-refractivity contribution >= 4 is 40.5 Å². The molecule has 4 aliphatic rings. The zero-order chi connectivity index (χ0) is 51.5. The lowest BCUT2D eigenvalue weighted by molar-refractivity contribution is -0.157. The van der Waals surface area contributed by atoms with Gasteiger partial charge in [-0.2, -0.15) is 0 Å². The summed E-state index contributed by atoms with van der Waals surface area (Å²) < 4.78 is 20.2. The Balaban J connectivity index is 1.14. The van der Waals surface area contributed by atoms with Gasteiger partial charge in [-0.1, -0.05) is 63.9 Å². The third-order valence-corrected chi connectivity index (χ3v) is 14.7. The summed E-state index contributed by atoms with van der Waals surface area (Å²) in [5, 5.41) is 5.55. The molecule has 8 rings (SSSR count). The fourth-order valence-corrected chi connectivity index (χ4v) is 10.4. The number of amides is 4. The van der Waals surface area contributed by atoms with Crippen molar-refractivity contribution in [2.24, 2.45) is 11.3 Å². The van der Waals surface area contributed by atoms with Crippen LogP contribution >= 0.6 is 0 Å². The van der Waals surface area contributed by atoms with Crippen LogP contribution in [0.25, 0.3) is 33.3 Å². The molecule has 0 radical (unpaired) electrons. The number of cyclic esters (lactones) is 1. The fourth-order valence-electron chi connectivity index (χ4n) is 10.4. The van der Waals surface area contributed by atoms with Gasteiger partial charge < -0.3 is 33.9 Å². The molecule has 0 saturated carbocycles. The summed E-state index contributed by atoms with van der Waals surface area (Å²) >= 11 is 0. The summed E-state index contributed by atoms with van der Waals surface area (Å²) in [7, 11) is 1.69. The van der Waals surface area contributed by atoms with Crippen LogP contribution < -0.4 is 10.7 Å². The average molecular weight is 985 g/mol. The lowest BCUT2D eigenvalue weighted by atomic mass is 9.84. The lowest BCUT2D eigenvalue weighted by Gasteiger charge is -2.41. The molecule has 0 spiro atoms. The number of hydrogen-bond acceptors (Lipinski definition) is 11. The molecule has 6 heterocycles. The van der Waals surface area contributed by atoms with Gasteiger partial charge in [0.1, 0.15) is 31.4 Å². The first kappa shape index (κ1) is 52.2. The summed E-state index contributed by atoms with van der Waals surface area (Å²) in [4.78, 5) is 81.0. The van der Waals surface area contributed by atoms with E-state index in [0.29, 0.717) is 32.4 Å². The van der Waals surface area contributed by atoms with Crippen LogP contribution in [-0.4, -0.2) is 142 Å². The standard InChI is InChI=1S/C56H72N8O8/c1-10-62-46-20-19-40-31-42(46)43(51(62)41-17-12-23-57-49(41)37(4)70-9)32-55(5,6)34-72-54(69)44-18-13-26-64(59-44)53(68)45(30-38-15-11-16-39(40)29-38)58-52(67)50(36(2)3)63-35-71-28-27-60(33-48(63)66)47(65)21-22-56(7,8)61-24-14-25-61/h11-12,15-17,19-20,23,29,31,36-37,44-45,50,59H,10,13-14,18,24-28,30,32-35H2,1-9H3,(H,58,67)/t37-,44-,45-,50?/m0/s1. The minimum atomic E-state index is -1.11. The highest BCUT2D eigenvalue weighted by molar-refractivity contribution is 5.98. The molecular formula is C56H72N8O8. The molecule has 2 aromatic carbocycles. The van der Waals surface area contributed by atoms with Crippen LogP contribution in [0.15, 0.2) is 60.8 Å². The van der Waals surface area contributed by atoms with Gasteiger partial charge in [0, 0.05) is 74.3 Å². The number of nitrogens with zero attached hydrogens (tertiary/aromatic N) is 6. The molecule has 1 unspecified atom stereocenters. The minimum Gasteiger partial charge on any atom is -0.464 e. The molecule has 16 nitrogen and oxygen atoms in total. The van der Waals surface area contributed by atoms with Crippen LogP contribution in [-0.2, 0) is 57.6 Å². The molecule has 384 valence electrons. The molecule has 4 aromatic rings. The van der Waals surface area contributed by atoms with Crippen molar-refractivity contribution < 1.29 is 38.2 Å². The Labute approximate surface area is 424 Å². The molecule has 3 saturated heterocycles. The van der Waals surface area contributed by atoms with Gasteiger partial charge in [0.2, 0.25) is 11.8 Å². The van der Waals surface area contributed by atoms with E-state index in [-0.39, 0.29) is 45.6 Å². The fraction of sp³-hybridized carbons (Fsp3) is 0.536. The molecule has 72 heavy (non-hydrogen) atoms. The van der Waals surface area contributed by atoms with Crippen LogP contribution in [0.4, 0.5) is 0 Å². The van der Waals surface area contributed by atoms with Crippen LogP contribution in [0.1, 0.15) is 97.6 Å². The number of esters is 1. The van der Waals surface area contributed by atoms with Crippen molar-refractivity contribution in [1.29, 1.82) is 0 Å². The van der Waals surface area contributed by atoms with Gasteiger partial charge in [0.25, 0.3) is 11.8 Å². The molecule has 16 heteroatoms. The van der Waals surface area contributed by atoms with E-state index in [9.17, 15) is 24.0 Å². The first-order valence-electron chi connectivity index (χ1n) is 25.6. The topological polar surface area (TPSA) is 168 Å². The lowest BCUT2D eigenvalue weighted by Crippen LogP contribution is -2.63. The zero-order valence-corrected chi connectivity index (χ0v) is 43.5. The predicted molar refractivity (Wildman–Crippen MR) is 275 cm³/mol. The number of fused-ring (bicyclic) bond motifs is 6. The Hall–Kier alpha value is -6.12. The Bertz CT molecular complexity index is 2750. The van der Waals surface area contributed by atoms with Gasteiger partial charge in [-0.3, -0.25) is 38.9 Å². The molecular weight excluding hydrogens is 913 g/mol. The molecule has 2 N–H and O–H groups in total. The molecule has 4 atom stereocenters. The number of rotatable bonds is 9. The smallest absolute Gasteiger partial charge is 0.324 e. The first-order valence-corrected chi connectivity index (χ1v) is 25.6. The number of methoxy groups -OCH3 is 1. The summed E-state index contributed by atoms with van der Waals surface area (Å²) in [6, 6.07) is 15.6. The molecule has 0 aliphatic carbocycles. The zero-order valence-electron chi connectivity index (χ0n) is 43.5. The van der Waals surface area contributed by atoms with Crippen molar-refractivity contribution in [3.05, 3.63) is 77.6 Å². The number of hydrazine groups is 1. The van der Waals surface area contributed by atoms with E-state index in [4.69, 9.17) is 19.2 Å². The van der Waals surface area contributed by atoms with Gasteiger partial charge in [-0.15, -0.1) is 0 Å². The number of aromatic nitrogens is 2. The third kappa shape index (κ3) is 11.2. The number of pyridine rings is 1. The summed E-state index contributed by atoms with van der Waals surface area (Å²) in [5.41, 5.74) is 9.86. The maximum Gasteiger partial charge on any atom is 0.324 e. The maximum atomic E-state index is 14.9. The van der Waals surface area contributed by atoms with Gasteiger partial charge >= 0.3 is 5.97 Å². The van der Waals surface area contributed by atoms with Gasteiger partial charge in [-0.05, 0) is 112 Å². The quantitative estimate of drug-likeness (QED) is 0.151. The van der Waals surface area contributed by atoms with Crippen LogP contribution in [0, 0.1) is 23.2 Å². The normalized spacial score (nSPS) is 21.1. The summed E-state index contributed by atoms with van der Waals surface area (Å²) in [5.74, 6) is 3.05. The van der Waals surface area contributed by atoms with Gasteiger partial charge in [0.15, 0.2) is 0 Å². The Kier molecular flexibility index (Phi) is 15.9. The average Bonchev–Trinajstić information content (AvgIpc) is 3.64. The second-order valence-corrected chi connectivity index (χ2v) is 21.3. The van der Waals surface area contributed by atoms with E-state index < -0.39 is 64.6 Å². The number of carbonyl (C=O) groups excluding carboxylic acids is 5. The number of hydrogen-bond donors (Lipinski definition) is 2. The summed E-state index contributed by atoms with van der Waals surface area (Å²) in [6.07, 6.45) is 4.28. The van der Waals surface area contributed by atoms with Crippen LogP contribution in [0.5, 0.6) is 0 Å². The SMILES string of the molecule is CCn1c(-c2cccnc2[C@H](C)OC)c2c3cc(ccc31)-c1cccc(c1)C[C@H](NC(=O)C(C(C)C)N1COCCN(C(=O)C#CC(C)(C)N3CCC3)CC1=O)C(=O)N1CCC[C@H](N1)C(=O)OCC(C)(C)C2. The maximum absolute atomic E-state index is 14.9. The highest BCUT2D eigenvalue weighted by Crippen LogP contribution is 2.42. The first-order chi connectivity index (χ1) is 34.4. The van der Waals surface area contributed by atoms with Crippen LogP contribution in [0.3, 0.4) is 0 Å². The number of benzene rings is 2. The number of nitrogens with one attached hydrogen (secondary N) is 2. The van der Waals surface area contributed by atoms with E-state index in [0.717, 1.165) is 69.6 Å². The van der Waals surface area contributed by atoms with E-state index in [2.05, 4.69) is 83.2 Å². The van der Waals surface area contributed by atoms with Crippen molar-refractivity contribution in [2.45, 2.75) is 124 Å². The van der Waals surface area contributed by atoms with E-state index >= 15 is 0 Å². The van der Waals surface area contributed by atoms with Gasteiger partial charge in [-0.25, -0.2) is 5.43 Å². The monoisotopic (exact) mass is 985 g/mol. The predicted octanol–water partition coefficient (Wildman–Crippen LogP) is 5.90. The summed E-state index contributed by atoms with van der Waals surface area (Å²) in [6.45, 7) is 18.7. The number of aryl methyl sites for hydroxylation is 1. The van der Waals surface area contributed by atoms with Crippen molar-refractivity contribution in [3.8, 4) is 34.2 Å². The van der Waals surface area contributed by atoms with Crippen molar-refractivity contribution in [2.75, 3.05) is 59.8 Å². The van der Waals surface area contributed by atoms with E-state index in [1.165, 1.54) is 14.8 Å². The third-order valence-electron chi connectivity index (χ3n) is 14.7. The minimum absolute atomic E-state index is 0.106. The molecule has 3 fully saturated rings. The highest BCUT2D eigenvalue weighted by Gasteiger charge is 2.40. The number of likely N-dealkylation sites (tertiary alicyclic amines) is 1. The molecule has 2 aromatic heterocycles. The van der Waals surface area contributed by atoms with Crippen LogP contribution in [0.2, 0.25) is 0 Å².